The Morgan fingerprint density at radius 2 is 1.91 bits per heavy atom. The molecule has 5 nitrogen and oxygen atoms in total. The van der Waals surface area contributed by atoms with Gasteiger partial charge in [-0.15, -0.1) is 0 Å². The molecule has 0 bridgehead atoms. The third kappa shape index (κ3) is 3.41. The summed E-state index contributed by atoms with van der Waals surface area (Å²) < 4.78 is 5.52. The number of aromatic nitrogens is 3. The Kier molecular flexibility index (Phi) is 4.40. The monoisotopic (exact) mass is 322 g/mol. The summed E-state index contributed by atoms with van der Waals surface area (Å²) in [6.07, 6.45) is 1.64. The number of oxazole rings is 1. The Labute approximate surface area is 138 Å². The Balaban J connectivity index is 1.78. The smallest absolute Gasteiger partial charge is 0.226 e. The minimum absolute atomic E-state index is 0.521. The van der Waals surface area contributed by atoms with Gasteiger partial charge in [0.05, 0.1) is 11.4 Å². The standard InChI is InChI=1S/C17H14N4OS/c1-11-15(8-18)17(20-12(2)19-11)23-10-14-9-22-16(21-14)13-6-4-3-5-7-13/h3-7,9H,10H2,1-2H3. The lowest BCUT2D eigenvalue weighted by Crippen LogP contribution is -1.99. The van der Waals surface area contributed by atoms with E-state index in [2.05, 4.69) is 21.0 Å². The lowest BCUT2D eigenvalue weighted by molar-refractivity contribution is 0.573. The predicted octanol–water partition coefficient (Wildman–Crippen LogP) is 3.91. The average Bonchev–Trinajstić information content (AvgIpc) is 3.02. The fraction of sp³-hybridized carbons (Fsp3) is 0.176. The number of nitrogens with zero attached hydrogens (tertiary/aromatic N) is 4. The first-order valence-corrected chi connectivity index (χ1v) is 8.04. The van der Waals surface area contributed by atoms with E-state index in [-0.39, 0.29) is 0 Å². The van der Waals surface area contributed by atoms with Crippen LogP contribution in [0.4, 0.5) is 0 Å². The van der Waals surface area contributed by atoms with Crippen LogP contribution >= 0.6 is 11.8 Å². The number of hydrogen-bond acceptors (Lipinski definition) is 6. The summed E-state index contributed by atoms with van der Waals surface area (Å²) in [6, 6.07) is 11.9. The van der Waals surface area contributed by atoms with Gasteiger partial charge in [-0.2, -0.15) is 5.26 Å². The summed E-state index contributed by atoms with van der Waals surface area (Å²) in [5, 5.41) is 9.94. The molecule has 3 aromatic rings. The van der Waals surface area contributed by atoms with E-state index in [1.165, 1.54) is 11.8 Å². The van der Waals surface area contributed by atoms with Gasteiger partial charge in [0.25, 0.3) is 0 Å². The first-order chi connectivity index (χ1) is 11.2. The van der Waals surface area contributed by atoms with Crippen LogP contribution in [0.15, 0.2) is 46.0 Å². The van der Waals surface area contributed by atoms with Crippen molar-refractivity contribution in [2.45, 2.75) is 24.6 Å². The maximum Gasteiger partial charge on any atom is 0.226 e. The zero-order valence-corrected chi connectivity index (χ0v) is 13.6. The lowest BCUT2D eigenvalue weighted by Gasteiger charge is -2.05. The summed E-state index contributed by atoms with van der Waals surface area (Å²) in [4.78, 5) is 13.1. The van der Waals surface area contributed by atoms with E-state index < -0.39 is 0 Å². The van der Waals surface area contributed by atoms with Crippen molar-refractivity contribution in [2.75, 3.05) is 0 Å². The van der Waals surface area contributed by atoms with Crippen molar-refractivity contribution in [1.82, 2.24) is 15.0 Å². The van der Waals surface area contributed by atoms with Gasteiger partial charge in [0.1, 0.15) is 28.7 Å². The predicted molar refractivity (Wildman–Crippen MR) is 87.7 cm³/mol. The molecule has 0 spiro atoms. The van der Waals surface area contributed by atoms with E-state index in [1.807, 2.05) is 44.2 Å². The molecule has 0 atom stereocenters. The van der Waals surface area contributed by atoms with Crippen LogP contribution in [0.2, 0.25) is 0 Å². The first kappa shape index (κ1) is 15.3. The third-order valence-corrected chi connectivity index (χ3v) is 4.22. The molecular formula is C17H14N4OS. The summed E-state index contributed by atoms with van der Waals surface area (Å²) in [6.45, 7) is 3.64. The number of rotatable bonds is 4. The maximum absolute atomic E-state index is 9.26. The van der Waals surface area contributed by atoms with Crippen LogP contribution < -0.4 is 0 Å². The highest BCUT2D eigenvalue weighted by Crippen LogP contribution is 2.27. The van der Waals surface area contributed by atoms with Crippen LogP contribution in [0.1, 0.15) is 22.8 Å². The number of nitriles is 1. The van der Waals surface area contributed by atoms with E-state index in [4.69, 9.17) is 4.42 Å². The van der Waals surface area contributed by atoms with Gasteiger partial charge in [-0.3, -0.25) is 0 Å². The second kappa shape index (κ2) is 6.63. The number of thioether (sulfide) groups is 1. The number of aryl methyl sites for hydroxylation is 2. The van der Waals surface area contributed by atoms with Crippen molar-refractivity contribution in [3.8, 4) is 17.5 Å². The van der Waals surface area contributed by atoms with Crippen molar-refractivity contribution in [3.63, 3.8) is 0 Å². The molecule has 0 aliphatic rings. The van der Waals surface area contributed by atoms with Crippen molar-refractivity contribution < 1.29 is 4.42 Å². The first-order valence-electron chi connectivity index (χ1n) is 7.05. The van der Waals surface area contributed by atoms with Crippen molar-refractivity contribution >= 4 is 11.8 Å². The van der Waals surface area contributed by atoms with E-state index in [9.17, 15) is 5.26 Å². The molecule has 0 amide bonds. The van der Waals surface area contributed by atoms with Gasteiger partial charge in [-0.25, -0.2) is 15.0 Å². The zero-order valence-electron chi connectivity index (χ0n) is 12.8. The molecule has 114 valence electrons. The van der Waals surface area contributed by atoms with Crippen LogP contribution in [0.25, 0.3) is 11.5 Å². The molecule has 0 aliphatic heterocycles. The van der Waals surface area contributed by atoms with E-state index in [0.717, 1.165) is 11.3 Å². The molecule has 2 aromatic heterocycles. The van der Waals surface area contributed by atoms with Crippen molar-refractivity contribution in [1.29, 1.82) is 5.26 Å². The molecule has 23 heavy (non-hydrogen) atoms. The fourth-order valence-electron chi connectivity index (χ4n) is 2.14. The normalized spacial score (nSPS) is 10.5. The summed E-state index contributed by atoms with van der Waals surface area (Å²) in [5.41, 5.74) is 2.97. The van der Waals surface area contributed by atoms with Gasteiger partial charge >= 0.3 is 0 Å². The molecule has 2 heterocycles. The molecule has 0 radical (unpaired) electrons. The van der Waals surface area contributed by atoms with Crippen molar-refractivity contribution in [2.24, 2.45) is 0 Å². The molecule has 0 unspecified atom stereocenters. The van der Waals surface area contributed by atoms with Crippen LogP contribution in [-0.4, -0.2) is 15.0 Å². The maximum atomic E-state index is 9.26. The molecule has 1 aromatic carbocycles. The largest absolute Gasteiger partial charge is 0.444 e. The quantitative estimate of drug-likeness (QED) is 0.535. The van der Waals surface area contributed by atoms with Gasteiger partial charge < -0.3 is 4.42 Å². The second-order valence-electron chi connectivity index (χ2n) is 4.95. The second-order valence-corrected chi connectivity index (χ2v) is 5.91. The third-order valence-electron chi connectivity index (χ3n) is 3.21. The fourth-order valence-corrected chi connectivity index (χ4v) is 3.09. The summed E-state index contributed by atoms with van der Waals surface area (Å²) >= 11 is 1.47. The zero-order chi connectivity index (χ0) is 16.2. The Hall–Kier alpha value is -2.65. The molecule has 0 saturated carbocycles. The van der Waals surface area contributed by atoms with Crippen molar-refractivity contribution in [3.05, 3.63) is 59.4 Å². The Morgan fingerprint density at radius 3 is 2.65 bits per heavy atom. The number of hydrogen-bond donors (Lipinski definition) is 0. The minimum Gasteiger partial charge on any atom is -0.444 e. The average molecular weight is 322 g/mol. The van der Waals surface area contributed by atoms with E-state index >= 15 is 0 Å². The summed E-state index contributed by atoms with van der Waals surface area (Å²) in [7, 11) is 0. The van der Waals surface area contributed by atoms with Gasteiger partial charge in [-0.1, -0.05) is 30.0 Å². The van der Waals surface area contributed by atoms with Gasteiger partial charge in [0, 0.05) is 11.3 Å². The molecule has 3 rings (SSSR count). The highest BCUT2D eigenvalue weighted by molar-refractivity contribution is 7.98. The van der Waals surface area contributed by atoms with E-state index in [1.54, 1.807) is 6.26 Å². The molecule has 0 N–H and O–H groups in total. The molecule has 0 aliphatic carbocycles. The Morgan fingerprint density at radius 1 is 1.13 bits per heavy atom. The van der Waals surface area contributed by atoms with Crippen LogP contribution in [-0.2, 0) is 5.75 Å². The molecule has 0 saturated heterocycles. The number of benzene rings is 1. The lowest BCUT2D eigenvalue weighted by atomic mass is 10.2. The minimum atomic E-state index is 0.521. The Bertz CT molecular complexity index is 868. The van der Waals surface area contributed by atoms with Gasteiger partial charge in [0.15, 0.2) is 0 Å². The van der Waals surface area contributed by atoms with Crippen LogP contribution in [0, 0.1) is 25.2 Å². The molecular weight excluding hydrogens is 308 g/mol. The molecule has 6 heteroatoms. The van der Waals surface area contributed by atoms with Gasteiger partial charge in [-0.05, 0) is 26.0 Å². The van der Waals surface area contributed by atoms with Crippen LogP contribution in [0.3, 0.4) is 0 Å². The van der Waals surface area contributed by atoms with E-state index in [0.29, 0.717) is 33.8 Å². The van der Waals surface area contributed by atoms with Crippen LogP contribution in [0.5, 0.6) is 0 Å². The SMILES string of the molecule is Cc1nc(C)c(C#N)c(SCc2coc(-c3ccccc3)n2)n1. The summed E-state index contributed by atoms with van der Waals surface area (Å²) in [5.74, 6) is 1.84. The van der Waals surface area contributed by atoms with Gasteiger partial charge in [0.2, 0.25) is 5.89 Å². The highest BCUT2D eigenvalue weighted by atomic mass is 32.2. The molecule has 0 fully saturated rings. The highest BCUT2D eigenvalue weighted by Gasteiger charge is 2.12. The topological polar surface area (TPSA) is 75.6 Å².